The lowest BCUT2D eigenvalue weighted by atomic mass is 10.1. The van der Waals surface area contributed by atoms with Crippen molar-refractivity contribution in [3.8, 4) is 0 Å². The minimum atomic E-state index is -3.93. The van der Waals surface area contributed by atoms with Crippen molar-refractivity contribution in [1.29, 1.82) is 0 Å². The van der Waals surface area contributed by atoms with E-state index in [2.05, 4.69) is 4.72 Å². The third kappa shape index (κ3) is 3.92. The van der Waals surface area contributed by atoms with Gasteiger partial charge in [0.1, 0.15) is 4.90 Å². The Morgan fingerprint density at radius 3 is 2.50 bits per heavy atom. The largest absolute Gasteiger partial charge is 0.478 e. The summed E-state index contributed by atoms with van der Waals surface area (Å²) < 4.78 is 32.7. The Morgan fingerprint density at radius 1 is 1.15 bits per heavy atom. The fraction of sp³-hybridized carbons (Fsp3) is 0.235. The van der Waals surface area contributed by atoms with Crippen LogP contribution < -0.4 is 9.62 Å². The van der Waals surface area contributed by atoms with Crippen molar-refractivity contribution in [3.63, 3.8) is 0 Å². The van der Waals surface area contributed by atoms with Gasteiger partial charge in [0, 0.05) is 18.8 Å². The molecule has 2 aromatic carbocycles. The number of nitrogens with one attached hydrogen (secondary N) is 1. The molecule has 0 radical (unpaired) electrons. The lowest BCUT2D eigenvalue weighted by Gasteiger charge is -2.30. The number of carboxylic acid groups (broad SMARTS) is 1. The Morgan fingerprint density at radius 2 is 1.85 bits per heavy atom. The SMILES string of the molecule is O=C(O)c1cc(NS(=O)(=O)c2ccccc2Cl)ccc1N1CCOCC1. The van der Waals surface area contributed by atoms with E-state index in [1.165, 1.54) is 24.3 Å². The van der Waals surface area contributed by atoms with Gasteiger partial charge >= 0.3 is 5.97 Å². The van der Waals surface area contributed by atoms with Crippen molar-refractivity contribution in [3.05, 3.63) is 53.1 Å². The average molecular weight is 397 g/mol. The van der Waals surface area contributed by atoms with E-state index in [0.717, 1.165) is 0 Å². The number of morpholine rings is 1. The monoisotopic (exact) mass is 396 g/mol. The van der Waals surface area contributed by atoms with Gasteiger partial charge < -0.3 is 14.7 Å². The molecule has 1 saturated heterocycles. The van der Waals surface area contributed by atoms with E-state index in [-0.39, 0.29) is 21.2 Å². The second-order valence-electron chi connectivity index (χ2n) is 5.67. The molecule has 1 aliphatic heterocycles. The van der Waals surface area contributed by atoms with Crippen LogP contribution in [0.2, 0.25) is 5.02 Å². The van der Waals surface area contributed by atoms with Gasteiger partial charge in [-0.25, -0.2) is 13.2 Å². The van der Waals surface area contributed by atoms with Gasteiger partial charge in [-0.1, -0.05) is 23.7 Å². The Bertz CT molecular complexity index is 927. The van der Waals surface area contributed by atoms with E-state index >= 15 is 0 Å². The number of halogens is 1. The first kappa shape index (κ1) is 18.5. The molecular weight excluding hydrogens is 380 g/mol. The first-order chi connectivity index (χ1) is 12.4. The number of anilines is 2. The second-order valence-corrected chi connectivity index (χ2v) is 7.73. The number of sulfonamides is 1. The molecule has 0 aromatic heterocycles. The van der Waals surface area contributed by atoms with Crippen LogP contribution in [0.25, 0.3) is 0 Å². The molecule has 9 heteroatoms. The number of benzene rings is 2. The number of carbonyl (C=O) groups is 1. The van der Waals surface area contributed by atoms with Crippen molar-refractivity contribution in [2.24, 2.45) is 0 Å². The third-order valence-corrected chi connectivity index (χ3v) is 5.84. The highest BCUT2D eigenvalue weighted by Gasteiger charge is 2.22. The van der Waals surface area contributed by atoms with Crippen molar-refractivity contribution in [2.75, 3.05) is 35.9 Å². The summed E-state index contributed by atoms with van der Waals surface area (Å²) in [5.74, 6) is -1.13. The zero-order chi connectivity index (χ0) is 18.7. The quantitative estimate of drug-likeness (QED) is 0.806. The lowest BCUT2D eigenvalue weighted by Crippen LogP contribution is -2.37. The molecule has 7 nitrogen and oxygen atoms in total. The molecule has 0 saturated carbocycles. The predicted octanol–water partition coefficient (Wildman–Crippen LogP) is 2.68. The van der Waals surface area contributed by atoms with Crippen molar-refractivity contribution in [1.82, 2.24) is 0 Å². The van der Waals surface area contributed by atoms with Crippen LogP contribution in [0.15, 0.2) is 47.4 Å². The zero-order valence-electron chi connectivity index (χ0n) is 13.7. The molecule has 2 N–H and O–H groups in total. The van der Waals surface area contributed by atoms with Crippen LogP contribution in [0.1, 0.15) is 10.4 Å². The average Bonchev–Trinajstić information content (AvgIpc) is 2.62. The summed E-state index contributed by atoms with van der Waals surface area (Å²) in [6.45, 7) is 2.18. The summed E-state index contributed by atoms with van der Waals surface area (Å²) in [4.78, 5) is 13.5. The van der Waals surface area contributed by atoms with Gasteiger partial charge in [-0.3, -0.25) is 4.72 Å². The molecule has 1 heterocycles. The molecule has 0 unspecified atom stereocenters. The van der Waals surface area contributed by atoms with Crippen molar-refractivity contribution >= 4 is 39.0 Å². The molecule has 1 fully saturated rings. The van der Waals surface area contributed by atoms with E-state index in [9.17, 15) is 18.3 Å². The van der Waals surface area contributed by atoms with Crippen LogP contribution in [0.5, 0.6) is 0 Å². The molecule has 138 valence electrons. The standard InChI is InChI=1S/C17H17ClN2O5S/c18-14-3-1-2-4-16(14)26(23,24)19-12-5-6-15(13(11-12)17(21)22)20-7-9-25-10-8-20/h1-6,11,19H,7-10H2,(H,21,22). The van der Waals surface area contributed by atoms with Gasteiger partial charge in [0.2, 0.25) is 0 Å². The zero-order valence-corrected chi connectivity index (χ0v) is 15.3. The predicted molar refractivity (Wildman–Crippen MR) is 98.7 cm³/mol. The maximum Gasteiger partial charge on any atom is 0.337 e. The van der Waals surface area contributed by atoms with Crippen LogP contribution in [0.3, 0.4) is 0 Å². The molecule has 0 atom stereocenters. The van der Waals surface area contributed by atoms with Crippen LogP contribution in [-0.2, 0) is 14.8 Å². The highest BCUT2D eigenvalue weighted by molar-refractivity contribution is 7.92. The van der Waals surface area contributed by atoms with Crippen molar-refractivity contribution < 1.29 is 23.1 Å². The van der Waals surface area contributed by atoms with E-state index in [1.54, 1.807) is 18.2 Å². The normalized spacial score (nSPS) is 14.9. The van der Waals surface area contributed by atoms with Gasteiger partial charge in [-0.15, -0.1) is 0 Å². The first-order valence-corrected chi connectivity index (χ1v) is 9.72. The number of hydrogen-bond acceptors (Lipinski definition) is 5. The maximum absolute atomic E-state index is 12.5. The minimum Gasteiger partial charge on any atom is -0.478 e. The summed E-state index contributed by atoms with van der Waals surface area (Å²) in [6, 6.07) is 10.5. The fourth-order valence-electron chi connectivity index (χ4n) is 2.72. The number of nitrogens with zero attached hydrogens (tertiary/aromatic N) is 1. The van der Waals surface area contributed by atoms with E-state index in [0.29, 0.717) is 32.0 Å². The Kier molecular flexibility index (Phi) is 5.36. The third-order valence-electron chi connectivity index (χ3n) is 3.96. The molecule has 0 bridgehead atoms. The van der Waals surface area contributed by atoms with Gasteiger partial charge in [-0.2, -0.15) is 0 Å². The highest BCUT2D eigenvalue weighted by atomic mass is 35.5. The molecule has 3 rings (SSSR count). The van der Waals surface area contributed by atoms with E-state index < -0.39 is 16.0 Å². The summed E-state index contributed by atoms with van der Waals surface area (Å²) in [5.41, 5.74) is 0.701. The number of hydrogen-bond donors (Lipinski definition) is 2. The Balaban J connectivity index is 1.93. The van der Waals surface area contributed by atoms with Gasteiger partial charge in [-0.05, 0) is 30.3 Å². The van der Waals surface area contributed by atoms with Crippen molar-refractivity contribution in [2.45, 2.75) is 4.90 Å². The molecule has 0 amide bonds. The van der Waals surface area contributed by atoms with Crippen LogP contribution in [0.4, 0.5) is 11.4 Å². The van der Waals surface area contributed by atoms with Crippen LogP contribution >= 0.6 is 11.6 Å². The van der Waals surface area contributed by atoms with Gasteiger partial charge in [0.15, 0.2) is 0 Å². The second kappa shape index (κ2) is 7.53. The number of carboxylic acids is 1. The van der Waals surface area contributed by atoms with Gasteiger partial charge in [0.25, 0.3) is 10.0 Å². The summed E-state index contributed by atoms with van der Waals surface area (Å²) in [6.07, 6.45) is 0. The highest BCUT2D eigenvalue weighted by Crippen LogP contribution is 2.28. The van der Waals surface area contributed by atoms with Crippen LogP contribution in [0, 0.1) is 0 Å². The summed E-state index contributed by atoms with van der Waals surface area (Å²) in [7, 11) is -3.93. The molecule has 0 aliphatic carbocycles. The van der Waals surface area contributed by atoms with E-state index in [1.807, 2.05) is 4.90 Å². The molecule has 0 spiro atoms. The molecule has 2 aromatic rings. The molecule has 26 heavy (non-hydrogen) atoms. The summed E-state index contributed by atoms with van der Waals surface area (Å²) >= 11 is 5.95. The first-order valence-electron chi connectivity index (χ1n) is 7.86. The smallest absolute Gasteiger partial charge is 0.337 e. The van der Waals surface area contributed by atoms with Crippen LogP contribution in [-0.4, -0.2) is 45.8 Å². The topological polar surface area (TPSA) is 95.9 Å². The molecule has 1 aliphatic rings. The fourth-order valence-corrected chi connectivity index (χ4v) is 4.29. The van der Waals surface area contributed by atoms with E-state index in [4.69, 9.17) is 16.3 Å². The lowest BCUT2D eigenvalue weighted by molar-refractivity contribution is 0.0696. The Hall–Kier alpha value is -2.29. The number of rotatable bonds is 5. The number of aromatic carboxylic acids is 1. The van der Waals surface area contributed by atoms with Gasteiger partial charge in [0.05, 0.1) is 29.5 Å². The molecular formula is C17H17ClN2O5S. The Labute approximate surface area is 156 Å². The number of ether oxygens (including phenoxy) is 1. The summed E-state index contributed by atoms with van der Waals surface area (Å²) in [5, 5.41) is 9.61. The minimum absolute atomic E-state index is 0.0197. The maximum atomic E-state index is 12.5.